The van der Waals surface area contributed by atoms with Crippen molar-refractivity contribution >= 4 is 50.2 Å². The number of benzene rings is 1. The summed E-state index contributed by atoms with van der Waals surface area (Å²) in [4.78, 5) is 20.0. The smallest absolute Gasteiger partial charge is 0.265 e. The summed E-state index contributed by atoms with van der Waals surface area (Å²) >= 11 is 8.52. The summed E-state index contributed by atoms with van der Waals surface area (Å²) in [5.74, 6) is -0.0511. The van der Waals surface area contributed by atoms with Crippen molar-refractivity contribution < 1.29 is 13.2 Å². The number of piperidine rings is 1. The fraction of sp³-hybridized carbons (Fsp3) is 0.300. The molecule has 1 N–H and O–H groups in total. The first-order valence-electron chi connectivity index (χ1n) is 9.42. The molecule has 0 radical (unpaired) electrons. The molecule has 0 unspecified atom stereocenters. The van der Waals surface area contributed by atoms with Crippen LogP contribution in [0.5, 0.6) is 0 Å². The Morgan fingerprint density at radius 3 is 2.53 bits per heavy atom. The number of sulfonamides is 1. The van der Waals surface area contributed by atoms with Gasteiger partial charge in [0.1, 0.15) is 14.1 Å². The summed E-state index contributed by atoms with van der Waals surface area (Å²) in [7, 11) is -3.50. The summed E-state index contributed by atoms with van der Waals surface area (Å²) in [5.41, 5.74) is 1.63. The van der Waals surface area contributed by atoms with Crippen molar-refractivity contribution in [2.45, 2.75) is 30.0 Å². The summed E-state index contributed by atoms with van der Waals surface area (Å²) in [6.07, 6.45) is 1.16. The highest BCUT2D eigenvalue weighted by molar-refractivity contribution is 7.91. The number of hydrogen-bond donors (Lipinski definition) is 1. The number of nitrogens with one attached hydrogen (secondary N) is 1. The van der Waals surface area contributed by atoms with E-state index in [9.17, 15) is 13.2 Å². The summed E-state index contributed by atoms with van der Waals surface area (Å²) in [6, 6.07) is 10.5. The van der Waals surface area contributed by atoms with Crippen molar-refractivity contribution in [2.24, 2.45) is 0 Å². The van der Waals surface area contributed by atoms with Crippen LogP contribution in [0.4, 0.5) is 0 Å². The Morgan fingerprint density at radius 2 is 1.90 bits per heavy atom. The third-order valence-corrected chi connectivity index (χ3v) is 9.31. The Morgan fingerprint density at radius 1 is 1.20 bits per heavy atom. The second-order valence-electron chi connectivity index (χ2n) is 7.06. The van der Waals surface area contributed by atoms with Crippen molar-refractivity contribution in [1.29, 1.82) is 0 Å². The maximum absolute atomic E-state index is 13.0. The summed E-state index contributed by atoms with van der Waals surface area (Å²) in [5, 5.41) is 3.18. The lowest BCUT2D eigenvalue weighted by molar-refractivity contribution is 0.0715. The molecule has 1 aliphatic rings. The Bertz CT molecular complexity index is 1130. The van der Waals surface area contributed by atoms with Gasteiger partial charge >= 0.3 is 0 Å². The number of nitrogens with zero attached hydrogens (tertiary/aromatic N) is 2. The third kappa shape index (κ3) is 4.60. The normalized spacial score (nSPS) is 15.5. The van der Waals surface area contributed by atoms with E-state index in [4.69, 9.17) is 11.6 Å². The van der Waals surface area contributed by atoms with Gasteiger partial charge in [0.05, 0.1) is 5.69 Å². The highest BCUT2D eigenvalue weighted by atomic mass is 35.5. The molecule has 2 aromatic heterocycles. The van der Waals surface area contributed by atoms with E-state index in [0.29, 0.717) is 45.7 Å². The molecule has 0 saturated carbocycles. The van der Waals surface area contributed by atoms with E-state index in [1.165, 1.54) is 22.7 Å². The quantitative estimate of drug-likeness (QED) is 0.585. The predicted octanol–water partition coefficient (Wildman–Crippen LogP) is 4.42. The number of likely N-dealkylation sites (tertiary alicyclic amines) is 1. The minimum atomic E-state index is -3.50. The van der Waals surface area contributed by atoms with E-state index in [2.05, 4.69) is 9.71 Å². The summed E-state index contributed by atoms with van der Waals surface area (Å²) < 4.78 is 27.9. The fourth-order valence-corrected chi connectivity index (χ4v) is 6.83. The molecule has 1 aromatic carbocycles. The van der Waals surface area contributed by atoms with Crippen LogP contribution in [0, 0.1) is 6.92 Å². The lowest BCUT2D eigenvalue weighted by Gasteiger charge is -2.32. The number of aryl methyl sites for hydroxylation is 1. The van der Waals surface area contributed by atoms with Crippen molar-refractivity contribution in [3.8, 4) is 10.6 Å². The minimum Gasteiger partial charge on any atom is -0.338 e. The second kappa shape index (κ2) is 8.76. The van der Waals surface area contributed by atoms with Gasteiger partial charge in [-0.1, -0.05) is 29.8 Å². The molecular weight excluding hydrogens is 462 g/mol. The van der Waals surface area contributed by atoms with Gasteiger partial charge in [0, 0.05) is 29.7 Å². The molecule has 3 heterocycles. The van der Waals surface area contributed by atoms with Crippen LogP contribution in [-0.2, 0) is 10.0 Å². The number of halogens is 1. The lowest BCUT2D eigenvalue weighted by atomic mass is 10.1. The van der Waals surface area contributed by atoms with Gasteiger partial charge in [0.15, 0.2) is 0 Å². The molecule has 6 nitrogen and oxygen atoms in total. The first kappa shape index (κ1) is 21.5. The zero-order valence-corrected chi connectivity index (χ0v) is 19.4. The van der Waals surface area contributed by atoms with Crippen LogP contribution in [0.3, 0.4) is 0 Å². The largest absolute Gasteiger partial charge is 0.338 e. The average Bonchev–Trinajstić information content (AvgIpc) is 3.39. The Kier molecular flexibility index (Phi) is 6.26. The number of hydrogen-bond acceptors (Lipinski definition) is 6. The molecular formula is C20H20ClN3O3S3. The highest BCUT2D eigenvalue weighted by Crippen LogP contribution is 2.30. The molecule has 30 heavy (non-hydrogen) atoms. The SMILES string of the molecule is Cc1nc(-c2ccc(Cl)cc2)sc1C(=O)N1CCC(NS(=O)(=O)c2cccs2)CC1. The van der Waals surface area contributed by atoms with Crippen molar-refractivity contribution in [3.05, 3.63) is 57.4 Å². The maximum Gasteiger partial charge on any atom is 0.265 e. The van der Waals surface area contributed by atoms with E-state index in [-0.39, 0.29) is 11.9 Å². The van der Waals surface area contributed by atoms with Crippen molar-refractivity contribution in [3.63, 3.8) is 0 Å². The van der Waals surface area contributed by atoms with Crippen molar-refractivity contribution in [2.75, 3.05) is 13.1 Å². The van der Waals surface area contributed by atoms with Crippen LogP contribution >= 0.6 is 34.3 Å². The molecule has 10 heteroatoms. The van der Waals surface area contributed by atoms with Crippen LogP contribution in [0.2, 0.25) is 5.02 Å². The third-order valence-electron chi connectivity index (χ3n) is 4.95. The zero-order chi connectivity index (χ0) is 21.3. The van der Waals surface area contributed by atoms with Crippen LogP contribution in [0.25, 0.3) is 10.6 Å². The number of amides is 1. The van der Waals surface area contributed by atoms with Gasteiger partial charge in [-0.05, 0) is 43.3 Å². The number of thiophene rings is 1. The van der Waals surface area contributed by atoms with Gasteiger partial charge < -0.3 is 4.90 Å². The Labute approximate surface area is 188 Å². The Hall–Kier alpha value is -1.78. The lowest BCUT2D eigenvalue weighted by Crippen LogP contribution is -2.46. The molecule has 3 aromatic rings. The molecule has 158 valence electrons. The van der Waals surface area contributed by atoms with Gasteiger partial charge in [0.25, 0.3) is 5.91 Å². The molecule has 0 aliphatic carbocycles. The minimum absolute atomic E-state index is 0.0511. The van der Waals surface area contributed by atoms with Crippen LogP contribution in [0.1, 0.15) is 28.2 Å². The molecule has 1 amide bonds. The van der Waals surface area contributed by atoms with Crippen LogP contribution < -0.4 is 4.72 Å². The van der Waals surface area contributed by atoms with Crippen LogP contribution in [0.15, 0.2) is 46.0 Å². The molecule has 1 saturated heterocycles. The number of rotatable bonds is 5. The summed E-state index contributed by atoms with van der Waals surface area (Å²) in [6.45, 7) is 2.85. The molecule has 1 fully saturated rings. The Balaban J connectivity index is 1.40. The first-order valence-corrected chi connectivity index (χ1v) is 13.0. The topological polar surface area (TPSA) is 79.4 Å². The van der Waals surface area contributed by atoms with Gasteiger partial charge in [0.2, 0.25) is 10.0 Å². The van der Waals surface area contributed by atoms with Crippen molar-refractivity contribution in [1.82, 2.24) is 14.6 Å². The molecule has 0 spiro atoms. The molecule has 4 rings (SSSR count). The number of aromatic nitrogens is 1. The molecule has 1 aliphatic heterocycles. The molecule has 0 atom stereocenters. The maximum atomic E-state index is 13.0. The van der Waals surface area contributed by atoms with Gasteiger partial charge in [-0.15, -0.1) is 22.7 Å². The van der Waals surface area contributed by atoms with Crippen LogP contribution in [-0.4, -0.2) is 43.3 Å². The highest BCUT2D eigenvalue weighted by Gasteiger charge is 2.29. The van der Waals surface area contributed by atoms with Gasteiger partial charge in [-0.25, -0.2) is 18.1 Å². The fourth-order valence-electron chi connectivity index (χ4n) is 3.35. The number of carbonyl (C=O) groups is 1. The van der Waals surface area contributed by atoms with Gasteiger partial charge in [-0.3, -0.25) is 4.79 Å². The number of carbonyl (C=O) groups excluding carboxylic acids is 1. The van der Waals surface area contributed by atoms with Gasteiger partial charge in [-0.2, -0.15) is 0 Å². The monoisotopic (exact) mass is 481 g/mol. The van der Waals surface area contributed by atoms with E-state index in [0.717, 1.165) is 10.6 Å². The van der Waals surface area contributed by atoms with E-state index >= 15 is 0 Å². The van der Waals surface area contributed by atoms with E-state index in [1.807, 2.05) is 19.1 Å². The average molecular weight is 482 g/mol. The second-order valence-corrected chi connectivity index (χ2v) is 11.4. The predicted molar refractivity (Wildman–Crippen MR) is 121 cm³/mol. The number of thiazole rings is 1. The first-order chi connectivity index (χ1) is 14.3. The van der Waals surface area contributed by atoms with E-state index in [1.54, 1.807) is 34.5 Å². The standard InChI is InChI=1S/C20H20ClN3O3S3/c1-13-18(29-19(22-13)14-4-6-15(21)7-5-14)20(25)24-10-8-16(9-11-24)23-30(26,27)17-3-2-12-28-17/h2-7,12,16,23H,8-11H2,1H3. The zero-order valence-electron chi connectivity index (χ0n) is 16.2. The molecule has 0 bridgehead atoms. The van der Waals surface area contributed by atoms with E-state index < -0.39 is 10.0 Å².